The number of hydrogen-bond acceptors (Lipinski definition) is 3. The minimum Gasteiger partial charge on any atom is -0.496 e. The molecule has 0 N–H and O–H groups in total. The third-order valence-electron chi connectivity index (χ3n) is 2.46. The zero-order valence-electron chi connectivity index (χ0n) is 9.57. The Hall–Kier alpha value is -0.650. The number of para-hydroxylation sites is 1. The number of ketones is 1. The van der Waals surface area contributed by atoms with Crippen LogP contribution in [0.2, 0.25) is 0 Å². The number of thiophene rings is 1. The lowest BCUT2D eigenvalue weighted by Gasteiger charge is -2.06. The van der Waals surface area contributed by atoms with Crippen LogP contribution in [0.4, 0.5) is 0 Å². The Morgan fingerprint density at radius 1 is 1.33 bits per heavy atom. The molecule has 0 atom stereocenters. The van der Waals surface area contributed by atoms with Crippen LogP contribution in [0, 0.1) is 0 Å². The summed E-state index contributed by atoms with van der Waals surface area (Å²) in [5.41, 5.74) is 0.908. The Morgan fingerprint density at radius 3 is 2.67 bits per heavy atom. The Kier molecular flexibility index (Phi) is 4.59. The molecule has 94 valence electrons. The van der Waals surface area contributed by atoms with Crippen molar-refractivity contribution in [1.82, 2.24) is 0 Å². The molecule has 1 heterocycles. The summed E-state index contributed by atoms with van der Waals surface area (Å²) in [6.45, 7) is 0. The fourth-order valence-electron chi connectivity index (χ4n) is 1.59. The highest BCUT2D eigenvalue weighted by atomic mass is 79.9. The summed E-state index contributed by atoms with van der Waals surface area (Å²) in [6.07, 6.45) is 0.351. The molecule has 0 aliphatic rings. The van der Waals surface area contributed by atoms with Gasteiger partial charge in [-0.15, -0.1) is 11.3 Å². The van der Waals surface area contributed by atoms with Gasteiger partial charge in [-0.2, -0.15) is 0 Å². The summed E-state index contributed by atoms with van der Waals surface area (Å²) < 4.78 is 7.09. The predicted octanol–water partition coefficient (Wildman–Crippen LogP) is 4.71. The van der Waals surface area contributed by atoms with Crippen molar-refractivity contribution >= 4 is 49.0 Å². The van der Waals surface area contributed by atoms with Crippen LogP contribution < -0.4 is 4.74 Å². The molecule has 0 saturated carbocycles. The van der Waals surface area contributed by atoms with Crippen molar-refractivity contribution in [3.63, 3.8) is 0 Å². The van der Waals surface area contributed by atoms with Crippen molar-refractivity contribution in [2.24, 2.45) is 0 Å². The molecule has 0 spiro atoms. The molecule has 0 unspecified atom stereocenters. The second-order valence-corrected chi connectivity index (χ2v) is 6.87. The first-order valence-corrected chi connectivity index (χ1v) is 7.62. The van der Waals surface area contributed by atoms with Gasteiger partial charge in [0.2, 0.25) is 0 Å². The second kappa shape index (κ2) is 5.99. The Morgan fingerprint density at radius 2 is 2.06 bits per heavy atom. The lowest BCUT2D eigenvalue weighted by molar-refractivity contribution is 0.0996. The molecule has 2 aromatic rings. The molecule has 0 bridgehead atoms. The summed E-state index contributed by atoms with van der Waals surface area (Å²) in [5.74, 6) is 0.844. The van der Waals surface area contributed by atoms with Crippen molar-refractivity contribution in [1.29, 1.82) is 0 Å². The summed E-state index contributed by atoms with van der Waals surface area (Å²) in [6, 6.07) is 9.42. The lowest BCUT2D eigenvalue weighted by atomic mass is 10.1. The molecule has 0 amide bonds. The first kappa shape index (κ1) is 13.8. The fraction of sp³-hybridized carbons (Fsp3) is 0.154. The van der Waals surface area contributed by atoms with E-state index in [-0.39, 0.29) is 5.78 Å². The van der Waals surface area contributed by atoms with Crippen molar-refractivity contribution in [2.75, 3.05) is 7.11 Å². The largest absolute Gasteiger partial charge is 0.496 e. The number of methoxy groups -OCH3 is 1. The molecule has 1 aromatic carbocycles. The number of ether oxygens (including phenoxy) is 1. The minimum atomic E-state index is 0.0934. The summed E-state index contributed by atoms with van der Waals surface area (Å²) >= 11 is 8.21. The van der Waals surface area contributed by atoms with Crippen LogP contribution in [0.5, 0.6) is 5.75 Å². The van der Waals surface area contributed by atoms with E-state index in [0.717, 1.165) is 24.4 Å². The first-order valence-electron chi connectivity index (χ1n) is 5.21. The van der Waals surface area contributed by atoms with Crippen molar-refractivity contribution in [3.8, 4) is 5.75 Å². The van der Waals surface area contributed by atoms with E-state index in [1.807, 2.05) is 30.3 Å². The van der Waals surface area contributed by atoms with E-state index >= 15 is 0 Å². The number of Topliss-reactive ketones (excluding diaryl/α,β-unsaturated/α-hetero) is 1. The molecule has 0 radical (unpaired) electrons. The maximum Gasteiger partial charge on any atom is 0.177 e. The topological polar surface area (TPSA) is 26.3 Å². The molecule has 2 rings (SSSR count). The number of halogens is 2. The smallest absolute Gasteiger partial charge is 0.177 e. The standard InChI is InChI=1S/C13H10Br2O2S/c1-17-11-5-3-2-4-8(11)6-10(16)12-7-9(14)13(15)18-12/h2-5,7H,6H2,1H3. The van der Waals surface area contributed by atoms with Gasteiger partial charge in [0.15, 0.2) is 5.78 Å². The van der Waals surface area contributed by atoms with Crippen LogP contribution in [0.25, 0.3) is 0 Å². The molecule has 0 fully saturated rings. The highest BCUT2D eigenvalue weighted by Crippen LogP contribution is 2.33. The van der Waals surface area contributed by atoms with Crippen molar-refractivity contribution in [2.45, 2.75) is 6.42 Å². The van der Waals surface area contributed by atoms with Crippen molar-refractivity contribution < 1.29 is 9.53 Å². The van der Waals surface area contributed by atoms with Gasteiger partial charge >= 0.3 is 0 Å². The van der Waals surface area contributed by atoms with Crippen LogP contribution in [-0.2, 0) is 6.42 Å². The van der Waals surface area contributed by atoms with Crippen LogP contribution in [0.15, 0.2) is 38.6 Å². The van der Waals surface area contributed by atoms with Gasteiger partial charge < -0.3 is 4.74 Å². The van der Waals surface area contributed by atoms with Gasteiger partial charge in [-0.05, 0) is 44.0 Å². The molecule has 18 heavy (non-hydrogen) atoms. The van der Waals surface area contributed by atoms with Gasteiger partial charge in [-0.25, -0.2) is 0 Å². The fourth-order valence-corrected chi connectivity index (χ4v) is 3.57. The summed E-state index contributed by atoms with van der Waals surface area (Å²) in [7, 11) is 1.61. The number of carbonyl (C=O) groups is 1. The highest BCUT2D eigenvalue weighted by Gasteiger charge is 2.14. The van der Waals surface area contributed by atoms with Crippen LogP contribution in [0.3, 0.4) is 0 Å². The van der Waals surface area contributed by atoms with E-state index in [2.05, 4.69) is 31.9 Å². The average molecular weight is 390 g/mol. The van der Waals surface area contributed by atoms with Gasteiger partial charge in [-0.1, -0.05) is 18.2 Å². The predicted molar refractivity (Wildman–Crippen MR) is 80.7 cm³/mol. The van der Waals surface area contributed by atoms with Crippen LogP contribution in [-0.4, -0.2) is 12.9 Å². The number of hydrogen-bond donors (Lipinski definition) is 0. The molecule has 2 nitrogen and oxygen atoms in total. The van der Waals surface area contributed by atoms with Crippen LogP contribution in [0.1, 0.15) is 15.2 Å². The number of benzene rings is 1. The molecule has 0 aliphatic heterocycles. The monoisotopic (exact) mass is 388 g/mol. The van der Waals surface area contributed by atoms with Gasteiger partial charge in [0.25, 0.3) is 0 Å². The van der Waals surface area contributed by atoms with Gasteiger partial charge in [0.05, 0.1) is 15.8 Å². The maximum atomic E-state index is 12.2. The normalized spacial score (nSPS) is 10.4. The Bertz CT molecular complexity index is 559. The van der Waals surface area contributed by atoms with Gasteiger partial charge in [0, 0.05) is 16.5 Å². The third kappa shape index (κ3) is 3.02. The van der Waals surface area contributed by atoms with Gasteiger partial charge in [-0.3, -0.25) is 4.79 Å². The SMILES string of the molecule is COc1ccccc1CC(=O)c1cc(Br)c(Br)s1. The number of carbonyl (C=O) groups excluding carboxylic acids is 1. The second-order valence-electron chi connectivity index (χ2n) is 3.64. The van der Waals surface area contributed by atoms with Crippen molar-refractivity contribution in [3.05, 3.63) is 49.0 Å². The van der Waals surface area contributed by atoms with E-state index < -0.39 is 0 Å². The molecule has 0 saturated heterocycles. The van der Waals surface area contributed by atoms with E-state index in [1.54, 1.807) is 7.11 Å². The van der Waals surface area contributed by atoms with Crippen LogP contribution >= 0.6 is 43.2 Å². The first-order chi connectivity index (χ1) is 8.61. The zero-order chi connectivity index (χ0) is 13.1. The Labute approximate surface area is 126 Å². The number of rotatable bonds is 4. The molecule has 0 aliphatic carbocycles. The van der Waals surface area contributed by atoms with Gasteiger partial charge in [0.1, 0.15) is 5.75 Å². The quantitative estimate of drug-likeness (QED) is 0.708. The molecular formula is C13H10Br2O2S. The minimum absolute atomic E-state index is 0.0934. The van der Waals surface area contributed by atoms with E-state index in [1.165, 1.54) is 11.3 Å². The van der Waals surface area contributed by atoms with E-state index in [0.29, 0.717) is 6.42 Å². The molecule has 5 heteroatoms. The lowest BCUT2D eigenvalue weighted by Crippen LogP contribution is -2.02. The highest BCUT2D eigenvalue weighted by molar-refractivity contribution is 9.13. The molecule has 1 aromatic heterocycles. The van der Waals surface area contributed by atoms with E-state index in [4.69, 9.17) is 4.74 Å². The van der Waals surface area contributed by atoms with E-state index in [9.17, 15) is 4.79 Å². The third-order valence-corrected chi connectivity index (χ3v) is 5.76. The maximum absolute atomic E-state index is 12.2. The zero-order valence-corrected chi connectivity index (χ0v) is 13.6. The summed E-state index contributed by atoms with van der Waals surface area (Å²) in [4.78, 5) is 12.9. The molecular weight excluding hydrogens is 380 g/mol. The Balaban J connectivity index is 2.21. The average Bonchev–Trinajstić information content (AvgIpc) is 2.70. The summed E-state index contributed by atoms with van der Waals surface area (Å²) in [5, 5.41) is 0.